The third-order valence-electron chi connectivity index (χ3n) is 4.05. The number of thiophene rings is 1. The third kappa shape index (κ3) is 3.31. The molecule has 1 aliphatic heterocycles. The van der Waals surface area contributed by atoms with Crippen molar-refractivity contribution >= 4 is 56.6 Å². The second kappa shape index (κ2) is 6.82. The molecule has 4 rings (SSSR count). The Balaban J connectivity index is 1.82. The summed E-state index contributed by atoms with van der Waals surface area (Å²) in [5.41, 5.74) is 0.982. The van der Waals surface area contributed by atoms with Gasteiger partial charge in [0.05, 0.1) is 4.70 Å². The molecule has 0 radical (unpaired) electrons. The Morgan fingerprint density at radius 3 is 2.76 bits per heavy atom. The maximum Gasteiger partial charge on any atom is 0.357 e. The zero-order valence-electron chi connectivity index (χ0n) is 13.0. The number of aromatic carboxylic acids is 1. The van der Waals surface area contributed by atoms with E-state index in [4.69, 9.17) is 11.6 Å². The van der Waals surface area contributed by atoms with Crippen molar-refractivity contribution in [3.8, 4) is 10.4 Å². The van der Waals surface area contributed by atoms with E-state index in [0.29, 0.717) is 21.6 Å². The fraction of sp³-hybridized carbons (Fsp3) is 0.235. The van der Waals surface area contributed by atoms with Gasteiger partial charge in [-0.15, -0.1) is 21.5 Å². The number of aromatic nitrogens is 2. The number of carbonyl (C=O) groups is 1. The van der Waals surface area contributed by atoms with Crippen molar-refractivity contribution in [1.29, 1.82) is 0 Å². The summed E-state index contributed by atoms with van der Waals surface area (Å²) in [6.07, 6.45) is 1.07. The fourth-order valence-electron chi connectivity index (χ4n) is 2.79. The van der Waals surface area contributed by atoms with Crippen LogP contribution < -0.4 is 5.32 Å². The van der Waals surface area contributed by atoms with Crippen LogP contribution >= 0.6 is 34.7 Å². The highest BCUT2D eigenvalue weighted by Gasteiger charge is 2.22. The van der Waals surface area contributed by atoms with E-state index in [1.807, 2.05) is 42.1 Å². The molecule has 1 unspecified atom stereocenters. The smallest absolute Gasteiger partial charge is 0.357 e. The Kier molecular flexibility index (Phi) is 4.54. The van der Waals surface area contributed by atoms with E-state index in [1.54, 1.807) is 0 Å². The van der Waals surface area contributed by atoms with Gasteiger partial charge in [-0.1, -0.05) is 23.7 Å². The van der Waals surface area contributed by atoms with Gasteiger partial charge in [0.2, 0.25) is 0 Å². The highest BCUT2D eigenvalue weighted by Crippen LogP contribution is 2.38. The van der Waals surface area contributed by atoms with Crippen molar-refractivity contribution in [2.75, 3.05) is 16.8 Å². The average Bonchev–Trinajstić information content (AvgIpc) is 3.25. The Labute approximate surface area is 157 Å². The molecule has 3 aromatic rings. The molecule has 1 aromatic carbocycles. The van der Waals surface area contributed by atoms with Gasteiger partial charge in [-0.2, -0.15) is 11.8 Å². The Bertz CT molecular complexity index is 937. The lowest BCUT2D eigenvalue weighted by atomic mass is 10.1. The Morgan fingerprint density at radius 1 is 1.28 bits per heavy atom. The molecule has 0 saturated carbocycles. The number of nitrogens with zero attached hydrogens (tertiary/aromatic N) is 2. The zero-order chi connectivity index (χ0) is 17.4. The van der Waals surface area contributed by atoms with Crippen molar-refractivity contribution in [3.63, 3.8) is 0 Å². The lowest BCUT2D eigenvalue weighted by molar-refractivity contribution is 0.0692. The van der Waals surface area contributed by atoms with Crippen LogP contribution in [0, 0.1) is 0 Å². The van der Waals surface area contributed by atoms with Crippen LogP contribution in [0.5, 0.6) is 0 Å². The molecule has 128 valence electrons. The summed E-state index contributed by atoms with van der Waals surface area (Å²) in [7, 11) is 0. The molecular weight excluding hydrogens is 378 g/mol. The number of benzene rings is 1. The van der Waals surface area contributed by atoms with Gasteiger partial charge < -0.3 is 10.4 Å². The first-order valence-corrected chi connectivity index (χ1v) is 10.1. The van der Waals surface area contributed by atoms with Crippen LogP contribution in [0.15, 0.2) is 30.3 Å². The second-order valence-electron chi connectivity index (χ2n) is 5.77. The van der Waals surface area contributed by atoms with Gasteiger partial charge >= 0.3 is 5.97 Å². The molecule has 8 heteroatoms. The van der Waals surface area contributed by atoms with E-state index in [-0.39, 0.29) is 5.69 Å². The number of fused-ring (bicyclic) bond motifs is 1. The molecule has 0 spiro atoms. The van der Waals surface area contributed by atoms with Crippen LogP contribution in [0.2, 0.25) is 5.02 Å². The van der Waals surface area contributed by atoms with Crippen molar-refractivity contribution in [2.45, 2.75) is 12.5 Å². The minimum absolute atomic E-state index is 0.00781. The van der Waals surface area contributed by atoms with Crippen molar-refractivity contribution in [2.24, 2.45) is 0 Å². The quantitative estimate of drug-likeness (QED) is 0.675. The van der Waals surface area contributed by atoms with Crippen molar-refractivity contribution in [3.05, 3.63) is 41.0 Å². The van der Waals surface area contributed by atoms with Gasteiger partial charge in [0.25, 0.3) is 0 Å². The number of hydrogen-bond donors (Lipinski definition) is 2. The van der Waals surface area contributed by atoms with E-state index in [1.165, 1.54) is 11.3 Å². The Morgan fingerprint density at radius 2 is 2.08 bits per heavy atom. The summed E-state index contributed by atoms with van der Waals surface area (Å²) in [4.78, 5) is 12.5. The molecular formula is C17H14ClN3O2S2. The topological polar surface area (TPSA) is 75.1 Å². The van der Waals surface area contributed by atoms with Gasteiger partial charge in [0.1, 0.15) is 0 Å². The van der Waals surface area contributed by atoms with Crippen molar-refractivity contribution in [1.82, 2.24) is 10.2 Å². The summed E-state index contributed by atoms with van der Waals surface area (Å²) in [5.74, 6) is 1.74. The van der Waals surface area contributed by atoms with Crippen LogP contribution in [0.4, 0.5) is 5.82 Å². The van der Waals surface area contributed by atoms with E-state index in [9.17, 15) is 9.90 Å². The van der Waals surface area contributed by atoms with E-state index in [0.717, 1.165) is 33.8 Å². The predicted molar refractivity (Wildman–Crippen MR) is 104 cm³/mol. The summed E-state index contributed by atoms with van der Waals surface area (Å²) in [5, 5.41) is 22.4. The summed E-state index contributed by atoms with van der Waals surface area (Å²) < 4.78 is 0.639. The molecule has 0 aliphatic carbocycles. The molecule has 0 bridgehead atoms. The lowest BCUT2D eigenvalue weighted by Crippen LogP contribution is -2.19. The highest BCUT2D eigenvalue weighted by molar-refractivity contribution is 7.99. The highest BCUT2D eigenvalue weighted by atomic mass is 35.5. The third-order valence-corrected chi connectivity index (χ3v) is 6.66. The first kappa shape index (κ1) is 16.6. The lowest BCUT2D eigenvalue weighted by Gasteiger charge is -2.12. The van der Waals surface area contributed by atoms with Gasteiger partial charge in [-0.25, -0.2) is 4.79 Å². The number of carboxylic acid groups (broad SMARTS) is 1. The number of nitrogens with one attached hydrogen (secondary N) is 1. The first-order valence-electron chi connectivity index (χ1n) is 7.75. The normalized spacial score (nSPS) is 17.1. The van der Waals surface area contributed by atoms with Crippen LogP contribution in [0.3, 0.4) is 0 Å². The SMILES string of the molecule is O=C(O)c1nnc(NC2CCSC2)c2cc(-c3ccc(Cl)cc3)sc12. The summed E-state index contributed by atoms with van der Waals surface area (Å²) in [6.45, 7) is 0. The zero-order valence-corrected chi connectivity index (χ0v) is 15.4. The van der Waals surface area contributed by atoms with Crippen LogP contribution in [-0.4, -0.2) is 38.8 Å². The maximum absolute atomic E-state index is 11.5. The standard InChI is InChI=1S/C17H14ClN3O2S2/c18-10-3-1-9(2-4-10)13-7-12-15(25-13)14(17(22)23)20-21-16(12)19-11-5-6-24-8-11/h1-4,7,11H,5-6,8H2,(H,19,21)(H,22,23). The van der Waals surface area contributed by atoms with Gasteiger partial charge in [0, 0.05) is 27.1 Å². The number of thioether (sulfide) groups is 1. The number of carboxylic acids is 1. The van der Waals surface area contributed by atoms with E-state index < -0.39 is 5.97 Å². The minimum atomic E-state index is -1.06. The number of anilines is 1. The average molecular weight is 392 g/mol. The summed E-state index contributed by atoms with van der Waals surface area (Å²) >= 11 is 9.27. The molecule has 2 N–H and O–H groups in total. The molecule has 1 aliphatic rings. The van der Waals surface area contributed by atoms with Crippen molar-refractivity contribution < 1.29 is 9.90 Å². The number of rotatable bonds is 4. The predicted octanol–water partition coefficient (Wildman–Crippen LogP) is 4.63. The molecule has 2 aromatic heterocycles. The molecule has 0 amide bonds. The number of halogens is 1. The molecule has 3 heterocycles. The Hall–Kier alpha value is -1.83. The van der Waals surface area contributed by atoms with Crippen LogP contribution in [-0.2, 0) is 0 Å². The molecule has 1 atom stereocenters. The number of hydrogen-bond acceptors (Lipinski definition) is 6. The molecule has 5 nitrogen and oxygen atoms in total. The van der Waals surface area contributed by atoms with E-state index in [2.05, 4.69) is 15.5 Å². The minimum Gasteiger partial charge on any atom is -0.476 e. The maximum atomic E-state index is 11.5. The van der Waals surface area contributed by atoms with Gasteiger partial charge in [0.15, 0.2) is 11.5 Å². The second-order valence-corrected chi connectivity index (χ2v) is 8.41. The van der Waals surface area contributed by atoms with Crippen LogP contribution in [0.1, 0.15) is 16.9 Å². The molecule has 25 heavy (non-hydrogen) atoms. The molecule has 1 saturated heterocycles. The molecule has 1 fully saturated rings. The van der Waals surface area contributed by atoms with Gasteiger partial charge in [-0.05, 0) is 35.9 Å². The summed E-state index contributed by atoms with van der Waals surface area (Å²) in [6, 6.07) is 9.83. The first-order chi connectivity index (χ1) is 12.1. The largest absolute Gasteiger partial charge is 0.476 e. The van der Waals surface area contributed by atoms with Gasteiger partial charge in [-0.3, -0.25) is 0 Å². The monoisotopic (exact) mass is 391 g/mol. The van der Waals surface area contributed by atoms with E-state index >= 15 is 0 Å². The fourth-order valence-corrected chi connectivity index (χ4v) is 5.21. The van der Waals surface area contributed by atoms with Crippen LogP contribution in [0.25, 0.3) is 20.5 Å².